The lowest BCUT2D eigenvalue weighted by Gasteiger charge is -2.20. The van der Waals surface area contributed by atoms with E-state index in [2.05, 4.69) is 24.4 Å². The van der Waals surface area contributed by atoms with Crippen LogP contribution in [-0.2, 0) is 14.3 Å². The van der Waals surface area contributed by atoms with Crippen molar-refractivity contribution in [2.75, 3.05) is 11.9 Å². The maximum absolute atomic E-state index is 12.2. The summed E-state index contributed by atoms with van der Waals surface area (Å²) in [5.41, 5.74) is 3.90. The number of fused-ring (bicyclic) bond motifs is 3. The molecule has 2 aromatic carbocycles. The number of ether oxygens (including phenoxy) is 1. The summed E-state index contributed by atoms with van der Waals surface area (Å²) >= 11 is 1.66. The number of thiazole rings is 1. The monoisotopic (exact) mass is 434 g/mol. The summed E-state index contributed by atoms with van der Waals surface area (Å²) in [7, 11) is 0. The van der Waals surface area contributed by atoms with Crippen molar-refractivity contribution in [2.24, 2.45) is 17.8 Å². The second-order valence-electron chi connectivity index (χ2n) is 8.92. The number of rotatable bonds is 6. The van der Waals surface area contributed by atoms with Crippen molar-refractivity contribution >= 4 is 39.1 Å². The van der Waals surface area contributed by atoms with Gasteiger partial charge in [0.15, 0.2) is 6.61 Å². The van der Waals surface area contributed by atoms with E-state index in [1.54, 1.807) is 11.3 Å². The molecule has 2 saturated carbocycles. The molecule has 31 heavy (non-hydrogen) atoms. The first-order valence-electron chi connectivity index (χ1n) is 11.0. The number of nitrogens with zero attached hydrogens (tertiary/aromatic N) is 1. The molecule has 2 fully saturated rings. The molecule has 160 valence electrons. The Morgan fingerprint density at radius 2 is 1.97 bits per heavy atom. The van der Waals surface area contributed by atoms with Crippen LogP contribution in [0.25, 0.3) is 20.8 Å². The van der Waals surface area contributed by atoms with Gasteiger partial charge in [0, 0.05) is 17.7 Å². The highest BCUT2D eigenvalue weighted by Gasteiger charge is 2.40. The molecule has 2 bridgehead atoms. The van der Waals surface area contributed by atoms with E-state index in [0.29, 0.717) is 23.9 Å². The molecule has 0 radical (unpaired) electrons. The Morgan fingerprint density at radius 1 is 1.13 bits per heavy atom. The van der Waals surface area contributed by atoms with Gasteiger partial charge in [0.05, 0.1) is 10.2 Å². The fraction of sp³-hybridized carbons (Fsp3) is 0.400. The molecule has 3 aromatic rings. The Balaban J connectivity index is 1.13. The molecule has 3 atom stereocenters. The van der Waals surface area contributed by atoms with Gasteiger partial charge in [0.1, 0.15) is 5.01 Å². The van der Waals surface area contributed by atoms with Gasteiger partial charge in [-0.25, -0.2) is 4.98 Å². The molecule has 0 saturated heterocycles. The van der Waals surface area contributed by atoms with Crippen LogP contribution in [0.2, 0.25) is 0 Å². The number of aryl methyl sites for hydroxylation is 1. The van der Waals surface area contributed by atoms with Crippen molar-refractivity contribution in [3.63, 3.8) is 0 Å². The van der Waals surface area contributed by atoms with Crippen LogP contribution in [0.15, 0.2) is 42.5 Å². The Labute approximate surface area is 185 Å². The Kier molecular flexibility index (Phi) is 5.48. The van der Waals surface area contributed by atoms with E-state index in [-0.39, 0.29) is 18.5 Å². The molecule has 0 spiro atoms. The van der Waals surface area contributed by atoms with Crippen LogP contribution in [0.1, 0.15) is 37.7 Å². The van der Waals surface area contributed by atoms with Crippen LogP contribution in [0.3, 0.4) is 0 Å². The Bertz CT molecular complexity index is 1120. The first-order chi connectivity index (χ1) is 15.0. The SMILES string of the molecule is Cc1ccc2nc(-c3ccc(NC(=O)COC(=O)CC4CC5CCC4C5)cc3)sc2c1. The molecule has 3 unspecified atom stereocenters. The number of anilines is 1. The number of benzene rings is 2. The largest absolute Gasteiger partial charge is 0.456 e. The van der Waals surface area contributed by atoms with Crippen molar-refractivity contribution in [2.45, 2.75) is 39.0 Å². The maximum atomic E-state index is 12.2. The fourth-order valence-electron chi connectivity index (χ4n) is 5.09. The molecule has 1 amide bonds. The average molecular weight is 435 g/mol. The second kappa shape index (κ2) is 8.42. The molecule has 2 aliphatic carbocycles. The Hall–Kier alpha value is -2.73. The topological polar surface area (TPSA) is 68.3 Å². The van der Waals surface area contributed by atoms with Crippen molar-refractivity contribution in [3.8, 4) is 10.6 Å². The van der Waals surface area contributed by atoms with Crippen LogP contribution in [0.5, 0.6) is 0 Å². The van der Waals surface area contributed by atoms with E-state index in [1.165, 1.54) is 29.5 Å². The van der Waals surface area contributed by atoms with Crippen LogP contribution < -0.4 is 5.32 Å². The standard InChI is InChI=1S/C25H26N2O3S/c1-15-2-9-21-22(10-15)31-25(27-21)17-5-7-20(8-6-17)26-23(28)14-30-24(29)13-19-12-16-3-4-18(19)11-16/h2,5-10,16,18-19H,3-4,11-14H2,1H3,(H,26,28). The van der Waals surface area contributed by atoms with Gasteiger partial charge in [-0.3, -0.25) is 9.59 Å². The zero-order chi connectivity index (χ0) is 21.4. The van der Waals surface area contributed by atoms with Crippen molar-refractivity contribution < 1.29 is 14.3 Å². The van der Waals surface area contributed by atoms with Crippen LogP contribution in [0, 0.1) is 24.7 Å². The minimum atomic E-state index is -0.315. The molecule has 1 N–H and O–H groups in total. The van der Waals surface area contributed by atoms with Crippen LogP contribution in [0.4, 0.5) is 5.69 Å². The molecule has 5 rings (SSSR count). The molecule has 1 aromatic heterocycles. The maximum Gasteiger partial charge on any atom is 0.306 e. The highest BCUT2D eigenvalue weighted by Crippen LogP contribution is 2.49. The van der Waals surface area contributed by atoms with E-state index >= 15 is 0 Å². The number of aromatic nitrogens is 1. The lowest BCUT2D eigenvalue weighted by atomic mass is 9.86. The highest BCUT2D eigenvalue weighted by molar-refractivity contribution is 7.21. The highest BCUT2D eigenvalue weighted by atomic mass is 32.1. The van der Waals surface area contributed by atoms with E-state index in [9.17, 15) is 9.59 Å². The normalized spacial score (nSPS) is 22.0. The predicted molar refractivity (Wildman–Crippen MR) is 123 cm³/mol. The van der Waals surface area contributed by atoms with Crippen LogP contribution >= 0.6 is 11.3 Å². The van der Waals surface area contributed by atoms with Gasteiger partial charge in [-0.2, -0.15) is 0 Å². The number of nitrogens with one attached hydrogen (secondary N) is 1. The van der Waals surface area contributed by atoms with Crippen molar-refractivity contribution in [1.29, 1.82) is 0 Å². The number of carbonyl (C=O) groups excluding carboxylic acids is 2. The average Bonchev–Trinajstić information content (AvgIpc) is 3.48. The summed E-state index contributed by atoms with van der Waals surface area (Å²) in [6, 6.07) is 13.8. The second-order valence-corrected chi connectivity index (χ2v) is 9.95. The lowest BCUT2D eigenvalue weighted by Crippen LogP contribution is -2.23. The van der Waals surface area contributed by atoms with Gasteiger partial charge in [-0.05, 0) is 85.9 Å². The minimum absolute atomic E-state index is 0.237. The summed E-state index contributed by atoms with van der Waals surface area (Å²) < 4.78 is 6.39. The zero-order valence-electron chi connectivity index (χ0n) is 17.6. The van der Waals surface area contributed by atoms with Gasteiger partial charge < -0.3 is 10.1 Å². The molecule has 2 aliphatic rings. The number of esters is 1. The summed E-state index contributed by atoms with van der Waals surface area (Å²) in [5.74, 6) is 1.37. The molecule has 0 aliphatic heterocycles. The van der Waals surface area contributed by atoms with Crippen molar-refractivity contribution in [1.82, 2.24) is 4.98 Å². The van der Waals surface area contributed by atoms with Crippen LogP contribution in [-0.4, -0.2) is 23.5 Å². The molecule has 1 heterocycles. The summed E-state index contributed by atoms with van der Waals surface area (Å²) in [6.07, 6.45) is 5.42. The summed E-state index contributed by atoms with van der Waals surface area (Å²) in [6.45, 7) is 1.84. The van der Waals surface area contributed by atoms with E-state index in [4.69, 9.17) is 9.72 Å². The number of hydrogen-bond donors (Lipinski definition) is 1. The molecular formula is C25H26N2O3S. The van der Waals surface area contributed by atoms with Gasteiger partial charge in [-0.15, -0.1) is 11.3 Å². The van der Waals surface area contributed by atoms with Gasteiger partial charge >= 0.3 is 5.97 Å². The Morgan fingerprint density at radius 3 is 2.71 bits per heavy atom. The third-order valence-corrected chi connectivity index (χ3v) is 7.70. The third kappa shape index (κ3) is 4.49. The minimum Gasteiger partial charge on any atom is -0.456 e. The smallest absolute Gasteiger partial charge is 0.306 e. The van der Waals surface area contributed by atoms with E-state index < -0.39 is 0 Å². The quantitative estimate of drug-likeness (QED) is 0.514. The first-order valence-corrected chi connectivity index (χ1v) is 11.8. The molecular weight excluding hydrogens is 408 g/mol. The first kappa shape index (κ1) is 20.2. The number of carbonyl (C=O) groups is 2. The summed E-state index contributed by atoms with van der Waals surface area (Å²) in [4.78, 5) is 29.0. The zero-order valence-corrected chi connectivity index (χ0v) is 18.4. The molecule has 6 heteroatoms. The predicted octanol–water partition coefficient (Wildman–Crippen LogP) is 5.58. The lowest BCUT2D eigenvalue weighted by molar-refractivity contribution is -0.148. The fourth-order valence-corrected chi connectivity index (χ4v) is 6.16. The van der Waals surface area contributed by atoms with Gasteiger partial charge in [0.25, 0.3) is 5.91 Å². The van der Waals surface area contributed by atoms with Gasteiger partial charge in [0.2, 0.25) is 0 Å². The number of hydrogen-bond acceptors (Lipinski definition) is 5. The van der Waals surface area contributed by atoms with E-state index in [1.807, 2.05) is 30.3 Å². The third-order valence-electron chi connectivity index (χ3n) is 6.64. The van der Waals surface area contributed by atoms with Gasteiger partial charge in [-0.1, -0.05) is 12.5 Å². The molecule has 5 nitrogen and oxygen atoms in total. The van der Waals surface area contributed by atoms with Crippen molar-refractivity contribution in [3.05, 3.63) is 48.0 Å². The number of amides is 1. The van der Waals surface area contributed by atoms with E-state index in [0.717, 1.165) is 28.4 Å². The summed E-state index contributed by atoms with van der Waals surface area (Å²) in [5, 5.41) is 3.75.